The van der Waals surface area contributed by atoms with Gasteiger partial charge in [-0.25, -0.2) is 8.42 Å². The van der Waals surface area contributed by atoms with Crippen molar-refractivity contribution in [3.05, 3.63) is 24.3 Å². The number of hydrogen-bond acceptors (Lipinski definition) is 3. The maximum Gasteiger partial charge on any atom is 0.341 e. The van der Waals surface area contributed by atoms with Crippen molar-refractivity contribution >= 4 is 33.0 Å². The van der Waals surface area contributed by atoms with Gasteiger partial charge in [-0.3, -0.25) is 4.79 Å². The molecule has 0 aliphatic rings. The van der Waals surface area contributed by atoms with E-state index in [1.807, 2.05) is 0 Å². The molecule has 1 N–H and O–H groups in total. The Hall–Kier alpha value is -1.21. The van der Waals surface area contributed by atoms with Crippen molar-refractivity contribution in [2.45, 2.75) is 17.1 Å². The van der Waals surface area contributed by atoms with Crippen LogP contribution < -0.4 is 5.32 Å². The lowest BCUT2D eigenvalue weighted by Crippen LogP contribution is -2.17. The van der Waals surface area contributed by atoms with E-state index in [0.717, 1.165) is 6.07 Å². The zero-order valence-corrected chi connectivity index (χ0v) is 10.6. The first-order valence-electron chi connectivity index (χ1n) is 4.86. The second-order valence-electron chi connectivity index (χ2n) is 3.29. The van der Waals surface area contributed by atoms with Crippen LogP contribution in [0.4, 0.5) is 14.5 Å². The Bertz CT molecular complexity index is 534. The molecule has 1 aromatic carbocycles. The fourth-order valence-electron chi connectivity index (χ4n) is 1.21. The van der Waals surface area contributed by atoms with Crippen LogP contribution in [0.15, 0.2) is 29.2 Å². The van der Waals surface area contributed by atoms with Gasteiger partial charge in [-0.2, -0.15) is 8.78 Å². The van der Waals surface area contributed by atoms with Gasteiger partial charge in [0.2, 0.25) is 15.7 Å². The second kappa shape index (κ2) is 6.10. The minimum atomic E-state index is -4.75. The number of carbonyl (C=O) groups excluding carboxylic acids is 1. The standard InChI is InChI=1S/C10H10ClF2NO3S/c11-6-5-9(15)14-7-3-1-2-4-8(7)18(16,17)10(12)13/h1-4,10H,5-6H2,(H,14,15). The number of halogens is 3. The van der Waals surface area contributed by atoms with E-state index in [2.05, 4.69) is 5.32 Å². The average Bonchev–Trinajstić information content (AvgIpc) is 2.29. The van der Waals surface area contributed by atoms with Crippen LogP contribution in [0.1, 0.15) is 6.42 Å². The van der Waals surface area contributed by atoms with Gasteiger partial charge in [0, 0.05) is 12.3 Å². The third-order valence-electron chi connectivity index (χ3n) is 2.02. The SMILES string of the molecule is O=C(CCCl)Nc1ccccc1S(=O)(=O)C(F)F. The zero-order chi connectivity index (χ0) is 13.8. The molecule has 0 spiro atoms. The Morgan fingerprint density at radius 1 is 1.33 bits per heavy atom. The summed E-state index contributed by atoms with van der Waals surface area (Å²) in [5.41, 5.74) is -0.173. The van der Waals surface area contributed by atoms with Crippen LogP contribution in [0.3, 0.4) is 0 Å². The smallest absolute Gasteiger partial charge is 0.325 e. The van der Waals surface area contributed by atoms with Crippen LogP contribution >= 0.6 is 11.6 Å². The Kier molecular flexibility index (Phi) is 5.03. The second-order valence-corrected chi connectivity index (χ2v) is 5.55. The molecule has 0 aliphatic carbocycles. The maximum absolute atomic E-state index is 12.4. The summed E-state index contributed by atoms with van der Waals surface area (Å²) in [6, 6.07) is 4.98. The lowest BCUT2D eigenvalue weighted by atomic mass is 10.3. The Labute approximate surface area is 108 Å². The summed E-state index contributed by atoms with van der Waals surface area (Å²) in [5.74, 6) is -4.03. The summed E-state index contributed by atoms with van der Waals surface area (Å²) in [6.45, 7) is 0. The van der Waals surface area contributed by atoms with E-state index in [9.17, 15) is 22.0 Å². The van der Waals surface area contributed by atoms with E-state index in [4.69, 9.17) is 11.6 Å². The summed E-state index contributed by atoms with van der Waals surface area (Å²) in [5, 5.41) is 2.24. The van der Waals surface area contributed by atoms with Crippen LogP contribution in [0, 0.1) is 0 Å². The molecule has 1 amide bonds. The largest absolute Gasteiger partial charge is 0.341 e. The van der Waals surface area contributed by atoms with Crippen LogP contribution in [0.2, 0.25) is 0 Å². The summed E-state index contributed by atoms with van der Waals surface area (Å²) in [4.78, 5) is 10.7. The topological polar surface area (TPSA) is 63.2 Å². The maximum atomic E-state index is 12.4. The van der Waals surface area contributed by atoms with Gasteiger partial charge >= 0.3 is 5.76 Å². The van der Waals surface area contributed by atoms with Crippen LogP contribution in [0.25, 0.3) is 0 Å². The highest BCUT2D eigenvalue weighted by molar-refractivity contribution is 7.91. The van der Waals surface area contributed by atoms with Gasteiger partial charge in [0.15, 0.2) is 0 Å². The molecule has 4 nitrogen and oxygen atoms in total. The summed E-state index contributed by atoms with van der Waals surface area (Å²) >= 11 is 5.34. The van der Waals surface area contributed by atoms with Crippen molar-refractivity contribution in [2.75, 3.05) is 11.2 Å². The van der Waals surface area contributed by atoms with Gasteiger partial charge in [0.25, 0.3) is 0 Å². The van der Waals surface area contributed by atoms with Gasteiger partial charge < -0.3 is 5.32 Å². The number of sulfone groups is 1. The highest BCUT2D eigenvalue weighted by Crippen LogP contribution is 2.26. The molecule has 0 radical (unpaired) electrons. The number of benzene rings is 1. The number of rotatable bonds is 5. The predicted molar refractivity (Wildman–Crippen MR) is 63.6 cm³/mol. The number of nitrogens with one attached hydrogen (secondary N) is 1. The number of carbonyl (C=O) groups is 1. The van der Waals surface area contributed by atoms with E-state index in [-0.39, 0.29) is 18.0 Å². The first-order valence-corrected chi connectivity index (χ1v) is 6.94. The minimum absolute atomic E-state index is 0.0371. The molecule has 0 aromatic heterocycles. The van der Waals surface area contributed by atoms with Gasteiger partial charge in [0.05, 0.1) is 10.6 Å². The highest BCUT2D eigenvalue weighted by atomic mass is 35.5. The average molecular weight is 298 g/mol. The number of hydrogen-bond donors (Lipinski definition) is 1. The molecule has 8 heteroatoms. The first kappa shape index (κ1) is 14.8. The molecule has 100 valence electrons. The lowest BCUT2D eigenvalue weighted by molar-refractivity contribution is -0.115. The molecule has 0 fully saturated rings. The normalized spacial score (nSPS) is 11.6. The molecule has 1 aromatic rings. The van der Waals surface area contributed by atoms with Crippen LogP contribution in [0.5, 0.6) is 0 Å². The minimum Gasteiger partial charge on any atom is -0.325 e. The zero-order valence-electron chi connectivity index (χ0n) is 9.07. The Balaban J connectivity index is 3.12. The molecular weight excluding hydrogens is 288 g/mol. The van der Waals surface area contributed by atoms with Crippen molar-refractivity contribution in [3.8, 4) is 0 Å². The fraction of sp³-hybridized carbons (Fsp3) is 0.300. The molecule has 18 heavy (non-hydrogen) atoms. The number of para-hydroxylation sites is 1. The van der Waals surface area contributed by atoms with Crippen molar-refractivity contribution in [1.82, 2.24) is 0 Å². The van der Waals surface area contributed by atoms with Crippen molar-refractivity contribution < 1.29 is 22.0 Å². The van der Waals surface area contributed by atoms with Gasteiger partial charge in [0.1, 0.15) is 0 Å². The predicted octanol–water partition coefficient (Wildman–Crippen LogP) is 2.25. The lowest BCUT2D eigenvalue weighted by Gasteiger charge is -2.10. The summed E-state index contributed by atoms with van der Waals surface area (Å²) < 4.78 is 47.6. The van der Waals surface area contributed by atoms with Gasteiger partial charge in [-0.15, -0.1) is 11.6 Å². The summed E-state index contributed by atoms with van der Waals surface area (Å²) in [6.07, 6.45) is -0.0371. The number of amides is 1. The number of alkyl halides is 3. The van der Waals surface area contributed by atoms with Gasteiger partial charge in [-0.1, -0.05) is 12.1 Å². The summed E-state index contributed by atoms with van der Waals surface area (Å²) in [7, 11) is -4.75. The molecule has 0 heterocycles. The molecule has 1 rings (SSSR count). The van der Waals surface area contributed by atoms with Crippen LogP contribution in [-0.2, 0) is 14.6 Å². The molecule has 0 saturated carbocycles. The third-order valence-corrected chi connectivity index (χ3v) is 3.65. The molecule has 0 atom stereocenters. The van der Waals surface area contributed by atoms with E-state index in [1.165, 1.54) is 18.2 Å². The monoisotopic (exact) mass is 297 g/mol. The van der Waals surface area contributed by atoms with E-state index >= 15 is 0 Å². The van der Waals surface area contributed by atoms with Crippen molar-refractivity contribution in [3.63, 3.8) is 0 Å². The Morgan fingerprint density at radius 2 is 1.94 bits per heavy atom. The molecule has 0 saturated heterocycles. The molecule has 0 bridgehead atoms. The van der Waals surface area contributed by atoms with Crippen molar-refractivity contribution in [1.29, 1.82) is 0 Å². The molecule has 0 unspecified atom stereocenters. The first-order chi connectivity index (χ1) is 8.39. The quantitative estimate of drug-likeness (QED) is 0.848. The molecule has 0 aliphatic heterocycles. The number of anilines is 1. The highest BCUT2D eigenvalue weighted by Gasteiger charge is 2.29. The fourth-order valence-corrected chi connectivity index (χ4v) is 2.27. The third kappa shape index (κ3) is 3.39. The Morgan fingerprint density at radius 3 is 2.50 bits per heavy atom. The molecular formula is C10H10ClF2NO3S. The van der Waals surface area contributed by atoms with E-state index in [0.29, 0.717) is 0 Å². The van der Waals surface area contributed by atoms with Gasteiger partial charge in [-0.05, 0) is 12.1 Å². The van der Waals surface area contributed by atoms with E-state index < -0.39 is 26.4 Å². The van der Waals surface area contributed by atoms with Crippen LogP contribution in [-0.4, -0.2) is 26.0 Å². The van der Waals surface area contributed by atoms with E-state index in [1.54, 1.807) is 0 Å². The van der Waals surface area contributed by atoms with Crippen molar-refractivity contribution in [2.24, 2.45) is 0 Å².